The first-order valence-corrected chi connectivity index (χ1v) is 7.41. The first kappa shape index (κ1) is 16.1. The van der Waals surface area contributed by atoms with Crippen LogP contribution in [-0.4, -0.2) is 27.3 Å². The number of aromatic amines is 1. The standard InChI is InChI=1S/C18H14N4O3/c23-16-10-15(13-4-2-1-3-5-13)20-18(21-16)22-19-11-12-6-8-14(9-7-12)17(24)25/h1-11H,(H,24,25)(H2,20,21,22,23)/b19-11+. The molecule has 0 aliphatic rings. The van der Waals surface area contributed by atoms with E-state index in [9.17, 15) is 9.59 Å². The number of carbonyl (C=O) groups is 1. The van der Waals surface area contributed by atoms with Crippen LogP contribution in [0.15, 0.2) is 70.6 Å². The molecule has 0 saturated heterocycles. The van der Waals surface area contributed by atoms with Crippen molar-refractivity contribution in [2.24, 2.45) is 5.10 Å². The molecule has 0 saturated carbocycles. The number of nitrogens with one attached hydrogen (secondary N) is 2. The Labute approximate surface area is 142 Å². The maximum atomic E-state index is 11.8. The molecular formula is C18H14N4O3. The smallest absolute Gasteiger partial charge is 0.335 e. The van der Waals surface area contributed by atoms with Crippen LogP contribution in [0.25, 0.3) is 11.3 Å². The minimum atomic E-state index is -0.985. The molecule has 124 valence electrons. The van der Waals surface area contributed by atoms with E-state index in [0.717, 1.165) is 5.56 Å². The van der Waals surface area contributed by atoms with Crippen molar-refractivity contribution in [1.82, 2.24) is 9.97 Å². The molecule has 0 bridgehead atoms. The topological polar surface area (TPSA) is 107 Å². The summed E-state index contributed by atoms with van der Waals surface area (Å²) < 4.78 is 0. The van der Waals surface area contributed by atoms with Crippen LogP contribution < -0.4 is 11.0 Å². The van der Waals surface area contributed by atoms with Gasteiger partial charge in [-0.3, -0.25) is 9.78 Å². The number of hydrogen-bond donors (Lipinski definition) is 3. The van der Waals surface area contributed by atoms with Crippen LogP contribution in [0.5, 0.6) is 0 Å². The van der Waals surface area contributed by atoms with Crippen molar-refractivity contribution in [2.75, 3.05) is 5.43 Å². The second-order valence-electron chi connectivity index (χ2n) is 5.14. The van der Waals surface area contributed by atoms with Crippen LogP contribution >= 0.6 is 0 Å². The largest absolute Gasteiger partial charge is 0.478 e. The van der Waals surface area contributed by atoms with Crippen molar-refractivity contribution in [1.29, 1.82) is 0 Å². The van der Waals surface area contributed by atoms with E-state index in [-0.39, 0.29) is 17.1 Å². The van der Waals surface area contributed by atoms with Gasteiger partial charge in [0.1, 0.15) is 0 Å². The Hall–Kier alpha value is -3.74. The Morgan fingerprint density at radius 2 is 1.84 bits per heavy atom. The minimum absolute atomic E-state index is 0.201. The van der Waals surface area contributed by atoms with Gasteiger partial charge in [0.05, 0.1) is 17.5 Å². The highest BCUT2D eigenvalue weighted by Gasteiger charge is 2.03. The molecule has 0 amide bonds. The van der Waals surface area contributed by atoms with Crippen molar-refractivity contribution in [2.45, 2.75) is 0 Å². The van der Waals surface area contributed by atoms with Crippen molar-refractivity contribution in [3.05, 3.63) is 82.1 Å². The first-order valence-electron chi connectivity index (χ1n) is 7.41. The molecule has 3 aromatic rings. The summed E-state index contributed by atoms with van der Waals surface area (Å²) in [6, 6.07) is 17.0. The number of anilines is 1. The van der Waals surface area contributed by atoms with Gasteiger partial charge in [-0.1, -0.05) is 42.5 Å². The Balaban J connectivity index is 1.76. The third-order valence-electron chi connectivity index (χ3n) is 3.35. The summed E-state index contributed by atoms with van der Waals surface area (Å²) in [6.45, 7) is 0. The lowest BCUT2D eigenvalue weighted by Crippen LogP contribution is -2.10. The lowest BCUT2D eigenvalue weighted by Gasteiger charge is -2.03. The molecule has 7 nitrogen and oxygen atoms in total. The summed E-state index contributed by atoms with van der Waals surface area (Å²) in [5, 5.41) is 12.9. The molecule has 3 N–H and O–H groups in total. The SMILES string of the molecule is O=C(O)c1ccc(/C=N/Nc2nc(-c3ccccc3)cc(=O)[nH]2)cc1. The van der Waals surface area contributed by atoms with Crippen molar-refractivity contribution < 1.29 is 9.90 Å². The second kappa shape index (κ2) is 7.22. The summed E-state index contributed by atoms with van der Waals surface area (Å²) in [5.41, 5.74) is 4.64. The third kappa shape index (κ3) is 4.17. The van der Waals surface area contributed by atoms with E-state index < -0.39 is 5.97 Å². The van der Waals surface area contributed by atoms with E-state index in [0.29, 0.717) is 11.3 Å². The number of benzene rings is 2. The molecule has 0 radical (unpaired) electrons. The van der Waals surface area contributed by atoms with E-state index in [1.54, 1.807) is 12.1 Å². The van der Waals surface area contributed by atoms with Gasteiger partial charge in [-0.15, -0.1) is 0 Å². The van der Waals surface area contributed by atoms with E-state index in [1.807, 2.05) is 30.3 Å². The van der Waals surface area contributed by atoms with Crippen LogP contribution in [0, 0.1) is 0 Å². The lowest BCUT2D eigenvalue weighted by molar-refractivity contribution is 0.0697. The zero-order valence-electron chi connectivity index (χ0n) is 13.0. The van der Waals surface area contributed by atoms with Crippen LogP contribution in [0.2, 0.25) is 0 Å². The van der Waals surface area contributed by atoms with Crippen LogP contribution in [0.3, 0.4) is 0 Å². The molecule has 0 atom stereocenters. The Kier molecular flexibility index (Phi) is 4.66. The van der Waals surface area contributed by atoms with E-state index >= 15 is 0 Å². The van der Waals surface area contributed by atoms with Gasteiger partial charge < -0.3 is 5.11 Å². The predicted molar refractivity (Wildman–Crippen MR) is 94.9 cm³/mol. The number of carboxylic acid groups (broad SMARTS) is 1. The van der Waals surface area contributed by atoms with E-state index in [2.05, 4.69) is 20.5 Å². The summed E-state index contributed by atoms with van der Waals surface area (Å²) in [7, 11) is 0. The van der Waals surface area contributed by atoms with Crippen LogP contribution in [0.1, 0.15) is 15.9 Å². The molecule has 3 rings (SSSR count). The highest BCUT2D eigenvalue weighted by atomic mass is 16.4. The van der Waals surface area contributed by atoms with E-state index in [4.69, 9.17) is 5.11 Å². The van der Waals surface area contributed by atoms with Gasteiger partial charge in [0.15, 0.2) is 0 Å². The number of rotatable bonds is 5. The van der Waals surface area contributed by atoms with Gasteiger partial charge in [-0.2, -0.15) is 5.10 Å². The quantitative estimate of drug-likeness (QED) is 0.491. The molecule has 0 fully saturated rings. The van der Waals surface area contributed by atoms with E-state index in [1.165, 1.54) is 24.4 Å². The number of aromatic carboxylic acids is 1. The van der Waals surface area contributed by atoms with Gasteiger partial charge in [-0.25, -0.2) is 15.2 Å². The second-order valence-corrected chi connectivity index (χ2v) is 5.14. The number of hydrazone groups is 1. The Morgan fingerprint density at radius 3 is 2.52 bits per heavy atom. The first-order chi connectivity index (χ1) is 12.1. The number of aromatic nitrogens is 2. The molecule has 0 spiro atoms. The highest BCUT2D eigenvalue weighted by Crippen LogP contribution is 2.15. The molecule has 25 heavy (non-hydrogen) atoms. The van der Waals surface area contributed by atoms with Crippen molar-refractivity contribution >= 4 is 18.1 Å². The zero-order valence-corrected chi connectivity index (χ0v) is 13.0. The average molecular weight is 334 g/mol. The number of carboxylic acids is 1. The molecule has 1 aromatic heterocycles. The normalized spacial score (nSPS) is 10.7. The summed E-state index contributed by atoms with van der Waals surface area (Å²) >= 11 is 0. The van der Waals surface area contributed by atoms with Gasteiger partial charge in [0.25, 0.3) is 5.56 Å². The van der Waals surface area contributed by atoms with Gasteiger partial charge >= 0.3 is 5.97 Å². The maximum absolute atomic E-state index is 11.8. The summed E-state index contributed by atoms with van der Waals surface area (Å²) in [5.74, 6) is -0.772. The van der Waals surface area contributed by atoms with Crippen LogP contribution in [0.4, 0.5) is 5.95 Å². The average Bonchev–Trinajstić information content (AvgIpc) is 2.62. The fraction of sp³-hybridized carbons (Fsp3) is 0. The van der Waals surface area contributed by atoms with Gasteiger partial charge in [0.2, 0.25) is 5.95 Å². The summed E-state index contributed by atoms with van der Waals surface area (Å²) in [4.78, 5) is 29.5. The van der Waals surface area contributed by atoms with Gasteiger partial charge in [-0.05, 0) is 17.7 Å². The monoisotopic (exact) mass is 334 g/mol. The Morgan fingerprint density at radius 1 is 1.12 bits per heavy atom. The van der Waals surface area contributed by atoms with Gasteiger partial charge in [0, 0.05) is 11.6 Å². The molecule has 2 aromatic carbocycles. The highest BCUT2D eigenvalue weighted by molar-refractivity contribution is 5.89. The predicted octanol–water partition coefficient (Wildman–Crippen LogP) is 2.58. The molecule has 0 unspecified atom stereocenters. The van der Waals surface area contributed by atoms with Crippen LogP contribution in [-0.2, 0) is 0 Å². The minimum Gasteiger partial charge on any atom is -0.478 e. The molecular weight excluding hydrogens is 320 g/mol. The third-order valence-corrected chi connectivity index (χ3v) is 3.35. The van der Waals surface area contributed by atoms with Crippen molar-refractivity contribution in [3.8, 4) is 11.3 Å². The molecule has 0 aliphatic heterocycles. The fourth-order valence-corrected chi connectivity index (χ4v) is 2.15. The number of hydrogen-bond acceptors (Lipinski definition) is 5. The number of H-pyrrole nitrogens is 1. The summed E-state index contributed by atoms with van der Waals surface area (Å²) in [6.07, 6.45) is 1.50. The number of nitrogens with zero attached hydrogens (tertiary/aromatic N) is 2. The fourth-order valence-electron chi connectivity index (χ4n) is 2.15. The van der Waals surface area contributed by atoms with Crippen molar-refractivity contribution in [3.63, 3.8) is 0 Å². The molecule has 0 aliphatic carbocycles. The molecule has 7 heteroatoms. The maximum Gasteiger partial charge on any atom is 0.335 e. The lowest BCUT2D eigenvalue weighted by atomic mass is 10.1. The zero-order chi connectivity index (χ0) is 17.6. The Bertz CT molecular complexity index is 964. The molecule has 1 heterocycles.